The predicted octanol–water partition coefficient (Wildman–Crippen LogP) is 3.59. The zero-order valence-electron chi connectivity index (χ0n) is 11.8. The molecule has 0 bridgehead atoms. The van der Waals surface area contributed by atoms with Crippen LogP contribution < -0.4 is 10.6 Å². The molecule has 0 fully saturated rings. The Morgan fingerprint density at radius 2 is 2.21 bits per heavy atom. The average molecular weight is 296 g/mol. The third-order valence-corrected chi connectivity index (χ3v) is 4.97. The molecule has 6 heteroatoms. The van der Waals surface area contributed by atoms with Crippen LogP contribution in [-0.4, -0.2) is 35.1 Å². The van der Waals surface area contributed by atoms with Gasteiger partial charge in [-0.2, -0.15) is 16.7 Å². The highest BCUT2D eigenvalue weighted by atomic mass is 32.2. The van der Waals surface area contributed by atoms with Gasteiger partial charge < -0.3 is 10.6 Å². The lowest BCUT2D eigenvalue weighted by Gasteiger charge is -2.11. The lowest BCUT2D eigenvalue weighted by molar-refractivity contribution is 0.851. The molecule has 1 atom stereocenters. The number of thioether (sulfide) groups is 1. The van der Waals surface area contributed by atoms with Crippen LogP contribution in [0.3, 0.4) is 0 Å². The molecule has 19 heavy (non-hydrogen) atoms. The van der Waals surface area contributed by atoms with Crippen LogP contribution in [-0.2, 0) is 0 Å². The van der Waals surface area contributed by atoms with E-state index >= 15 is 0 Å². The molecule has 0 aromatic carbocycles. The van der Waals surface area contributed by atoms with Gasteiger partial charge in [-0.25, -0.2) is 4.98 Å². The lowest BCUT2D eigenvalue weighted by atomic mass is 10.3. The molecular formula is C13H20N4S2. The molecule has 4 nitrogen and oxygen atoms in total. The maximum absolute atomic E-state index is 4.52. The molecule has 0 aliphatic carbocycles. The Hall–Kier alpha value is -1.01. The van der Waals surface area contributed by atoms with E-state index in [2.05, 4.69) is 46.8 Å². The number of nitrogens with one attached hydrogen (secondary N) is 2. The summed E-state index contributed by atoms with van der Waals surface area (Å²) in [6, 6.07) is 2.15. The Kier molecular flexibility index (Phi) is 4.87. The first kappa shape index (κ1) is 14.4. The Labute approximate surface area is 122 Å². The quantitative estimate of drug-likeness (QED) is 0.853. The number of anilines is 2. The van der Waals surface area contributed by atoms with Gasteiger partial charge in [0.1, 0.15) is 10.6 Å². The van der Waals surface area contributed by atoms with Crippen molar-refractivity contribution in [3.05, 3.63) is 10.9 Å². The van der Waals surface area contributed by atoms with Gasteiger partial charge in [0.25, 0.3) is 0 Å². The van der Waals surface area contributed by atoms with Crippen molar-refractivity contribution in [2.24, 2.45) is 0 Å². The highest BCUT2D eigenvalue weighted by Crippen LogP contribution is 2.29. The van der Waals surface area contributed by atoms with Crippen LogP contribution in [0.5, 0.6) is 0 Å². The van der Waals surface area contributed by atoms with Crippen molar-refractivity contribution in [1.29, 1.82) is 0 Å². The minimum absolute atomic E-state index is 0.665. The van der Waals surface area contributed by atoms with Gasteiger partial charge in [-0.15, -0.1) is 11.3 Å². The van der Waals surface area contributed by atoms with Crippen molar-refractivity contribution in [2.45, 2.75) is 25.5 Å². The molecular weight excluding hydrogens is 276 g/mol. The van der Waals surface area contributed by atoms with E-state index in [1.165, 1.54) is 4.88 Å². The first-order valence-electron chi connectivity index (χ1n) is 6.36. The SMILES string of the molecule is CNc1nc(NCCC(C)SC)c2cc(C)sc2n1. The number of hydrogen-bond donors (Lipinski definition) is 2. The highest BCUT2D eigenvalue weighted by molar-refractivity contribution is 7.99. The molecule has 0 amide bonds. The second-order valence-electron chi connectivity index (χ2n) is 4.48. The van der Waals surface area contributed by atoms with Crippen LogP contribution in [0.1, 0.15) is 18.2 Å². The van der Waals surface area contributed by atoms with Gasteiger partial charge in [-0.3, -0.25) is 0 Å². The summed E-state index contributed by atoms with van der Waals surface area (Å²) in [6.07, 6.45) is 3.28. The Morgan fingerprint density at radius 1 is 1.42 bits per heavy atom. The van der Waals surface area contributed by atoms with Crippen molar-refractivity contribution < 1.29 is 0 Å². The number of aryl methyl sites for hydroxylation is 1. The fourth-order valence-corrected chi connectivity index (χ4v) is 3.03. The minimum Gasteiger partial charge on any atom is -0.369 e. The zero-order chi connectivity index (χ0) is 13.8. The summed E-state index contributed by atoms with van der Waals surface area (Å²) in [5, 5.41) is 8.25. The highest BCUT2D eigenvalue weighted by Gasteiger charge is 2.10. The van der Waals surface area contributed by atoms with E-state index < -0.39 is 0 Å². The van der Waals surface area contributed by atoms with Gasteiger partial charge in [0, 0.05) is 23.7 Å². The van der Waals surface area contributed by atoms with Crippen LogP contribution in [0.4, 0.5) is 11.8 Å². The van der Waals surface area contributed by atoms with Crippen molar-refractivity contribution in [1.82, 2.24) is 9.97 Å². The van der Waals surface area contributed by atoms with Gasteiger partial charge in [0.2, 0.25) is 5.95 Å². The van der Waals surface area contributed by atoms with Gasteiger partial charge >= 0.3 is 0 Å². The number of nitrogens with zero attached hydrogens (tertiary/aromatic N) is 2. The monoisotopic (exact) mass is 296 g/mol. The predicted molar refractivity (Wildman–Crippen MR) is 87.8 cm³/mol. The lowest BCUT2D eigenvalue weighted by Crippen LogP contribution is -2.10. The maximum atomic E-state index is 4.52. The van der Waals surface area contributed by atoms with Gasteiger partial charge in [0.15, 0.2) is 0 Å². The van der Waals surface area contributed by atoms with Crippen LogP contribution in [0.25, 0.3) is 10.2 Å². The Morgan fingerprint density at radius 3 is 2.89 bits per heavy atom. The minimum atomic E-state index is 0.665. The summed E-state index contributed by atoms with van der Waals surface area (Å²) in [4.78, 5) is 11.3. The molecule has 2 aromatic rings. The topological polar surface area (TPSA) is 49.8 Å². The maximum Gasteiger partial charge on any atom is 0.225 e. The smallest absolute Gasteiger partial charge is 0.225 e. The summed E-state index contributed by atoms with van der Waals surface area (Å²) in [6.45, 7) is 5.28. The fourth-order valence-electron chi connectivity index (χ4n) is 1.80. The van der Waals surface area contributed by atoms with Crippen LogP contribution in [0.2, 0.25) is 0 Å². The van der Waals surface area contributed by atoms with Gasteiger partial charge in [-0.1, -0.05) is 6.92 Å². The summed E-state index contributed by atoms with van der Waals surface area (Å²) in [5.74, 6) is 1.61. The Balaban J connectivity index is 2.20. The molecule has 0 saturated carbocycles. The Bertz CT molecular complexity index is 553. The third kappa shape index (κ3) is 3.51. The molecule has 0 aliphatic heterocycles. The van der Waals surface area contributed by atoms with E-state index in [1.54, 1.807) is 11.3 Å². The van der Waals surface area contributed by atoms with Crippen molar-refractivity contribution in [3.63, 3.8) is 0 Å². The number of hydrogen-bond acceptors (Lipinski definition) is 6. The van der Waals surface area contributed by atoms with Gasteiger partial charge in [-0.05, 0) is 25.7 Å². The van der Waals surface area contributed by atoms with Crippen molar-refractivity contribution in [3.8, 4) is 0 Å². The van der Waals surface area contributed by atoms with E-state index in [-0.39, 0.29) is 0 Å². The van der Waals surface area contributed by atoms with Crippen molar-refractivity contribution >= 4 is 45.1 Å². The molecule has 0 aliphatic rings. The van der Waals surface area contributed by atoms with E-state index in [0.717, 1.165) is 29.0 Å². The zero-order valence-corrected chi connectivity index (χ0v) is 13.4. The summed E-state index contributed by atoms with van der Waals surface area (Å²) in [5.41, 5.74) is 0. The first-order valence-corrected chi connectivity index (χ1v) is 8.47. The second-order valence-corrected chi connectivity index (χ2v) is 6.99. The number of thiophene rings is 1. The standard InChI is InChI=1S/C13H20N4S2/c1-8(18-4)5-6-15-11-10-7-9(2)19-12(10)17-13(14-3)16-11/h7-8H,5-6H2,1-4H3,(H2,14,15,16,17). The molecule has 1 unspecified atom stereocenters. The van der Waals surface area contributed by atoms with Crippen LogP contribution >= 0.6 is 23.1 Å². The largest absolute Gasteiger partial charge is 0.369 e. The molecule has 2 rings (SSSR count). The molecule has 0 radical (unpaired) electrons. The third-order valence-electron chi connectivity index (χ3n) is 2.99. The van der Waals surface area contributed by atoms with E-state index in [9.17, 15) is 0 Å². The average Bonchev–Trinajstić information content (AvgIpc) is 2.78. The van der Waals surface area contributed by atoms with Crippen LogP contribution in [0, 0.1) is 6.92 Å². The molecule has 104 valence electrons. The molecule has 2 heterocycles. The van der Waals surface area contributed by atoms with Crippen LogP contribution in [0.15, 0.2) is 6.07 Å². The number of rotatable bonds is 6. The van der Waals surface area contributed by atoms with E-state index in [4.69, 9.17) is 0 Å². The molecule has 0 spiro atoms. The van der Waals surface area contributed by atoms with E-state index in [1.807, 2.05) is 18.8 Å². The summed E-state index contributed by atoms with van der Waals surface area (Å²) < 4.78 is 0. The summed E-state index contributed by atoms with van der Waals surface area (Å²) in [7, 11) is 1.85. The first-order chi connectivity index (χ1) is 9.13. The summed E-state index contributed by atoms with van der Waals surface area (Å²) >= 11 is 3.60. The normalized spacial score (nSPS) is 12.6. The van der Waals surface area contributed by atoms with E-state index in [0.29, 0.717) is 11.2 Å². The molecule has 0 saturated heterocycles. The molecule has 2 N–H and O–H groups in total. The number of aromatic nitrogens is 2. The van der Waals surface area contributed by atoms with Crippen molar-refractivity contribution in [2.75, 3.05) is 30.5 Å². The second kappa shape index (κ2) is 6.43. The van der Waals surface area contributed by atoms with Gasteiger partial charge in [0.05, 0.1) is 5.39 Å². The fraction of sp³-hybridized carbons (Fsp3) is 0.538. The molecule has 2 aromatic heterocycles. The number of fused-ring (bicyclic) bond motifs is 1.